The van der Waals surface area contributed by atoms with Crippen molar-refractivity contribution in [3.05, 3.63) is 29.8 Å². The summed E-state index contributed by atoms with van der Waals surface area (Å²) in [5.41, 5.74) is 1.23. The smallest absolute Gasteiger partial charge is 0.120 e. The van der Waals surface area contributed by atoms with E-state index in [4.69, 9.17) is 9.47 Å². The summed E-state index contributed by atoms with van der Waals surface area (Å²) >= 11 is 0. The highest BCUT2D eigenvalue weighted by Crippen LogP contribution is 2.14. The van der Waals surface area contributed by atoms with Gasteiger partial charge in [-0.05, 0) is 31.5 Å². The molecule has 0 aromatic heterocycles. The van der Waals surface area contributed by atoms with E-state index in [0.29, 0.717) is 0 Å². The number of hydrogen-bond donors (Lipinski definition) is 1. The molecule has 0 bridgehead atoms. The topological polar surface area (TPSA) is 30.5 Å². The fraction of sp³-hybridized carbons (Fsp3) is 0.538. The number of ether oxygens (including phenoxy) is 2. The minimum absolute atomic E-state index is 0.219. The van der Waals surface area contributed by atoms with Crippen LogP contribution < -0.4 is 10.1 Å². The number of methoxy groups -OCH3 is 1. The van der Waals surface area contributed by atoms with Crippen LogP contribution in [-0.4, -0.2) is 26.4 Å². The van der Waals surface area contributed by atoms with Gasteiger partial charge in [0.25, 0.3) is 0 Å². The Morgan fingerprint density at radius 2 is 2.12 bits per heavy atom. The third-order valence-electron chi connectivity index (χ3n) is 2.08. The van der Waals surface area contributed by atoms with Crippen molar-refractivity contribution in [2.45, 2.75) is 26.5 Å². The summed E-state index contributed by atoms with van der Waals surface area (Å²) in [5.74, 6) is 0.932. The predicted molar refractivity (Wildman–Crippen MR) is 65.8 cm³/mol. The maximum Gasteiger partial charge on any atom is 0.120 e. The molecule has 0 aliphatic heterocycles. The van der Waals surface area contributed by atoms with E-state index in [9.17, 15) is 0 Å². The molecule has 3 heteroatoms. The summed E-state index contributed by atoms with van der Waals surface area (Å²) in [6.07, 6.45) is 0.219. The summed E-state index contributed by atoms with van der Waals surface area (Å²) < 4.78 is 10.6. The molecule has 0 saturated heterocycles. The average molecular weight is 223 g/mol. The maximum atomic E-state index is 5.63. The second-order valence-corrected chi connectivity index (χ2v) is 3.98. The zero-order valence-corrected chi connectivity index (χ0v) is 10.3. The number of hydrogen-bond acceptors (Lipinski definition) is 3. The van der Waals surface area contributed by atoms with E-state index in [-0.39, 0.29) is 6.10 Å². The molecule has 0 spiro atoms. The minimum atomic E-state index is 0.219. The summed E-state index contributed by atoms with van der Waals surface area (Å²) in [6, 6.07) is 8.16. The molecule has 0 heterocycles. The van der Waals surface area contributed by atoms with Crippen LogP contribution >= 0.6 is 0 Å². The lowest BCUT2D eigenvalue weighted by atomic mass is 10.2. The van der Waals surface area contributed by atoms with E-state index in [1.807, 2.05) is 26.0 Å². The first kappa shape index (κ1) is 13.0. The molecule has 0 radical (unpaired) electrons. The molecule has 90 valence electrons. The Balaban J connectivity index is 2.41. The van der Waals surface area contributed by atoms with Gasteiger partial charge in [-0.2, -0.15) is 0 Å². The molecule has 1 aromatic rings. The summed E-state index contributed by atoms with van der Waals surface area (Å²) in [6.45, 7) is 6.51. The fourth-order valence-electron chi connectivity index (χ4n) is 1.41. The van der Waals surface area contributed by atoms with E-state index >= 15 is 0 Å². The van der Waals surface area contributed by atoms with Crippen LogP contribution in [-0.2, 0) is 11.3 Å². The largest absolute Gasteiger partial charge is 0.491 e. The molecule has 3 nitrogen and oxygen atoms in total. The van der Waals surface area contributed by atoms with E-state index < -0.39 is 0 Å². The van der Waals surface area contributed by atoms with Gasteiger partial charge in [0, 0.05) is 20.2 Å². The molecule has 1 rings (SSSR count). The van der Waals surface area contributed by atoms with Crippen LogP contribution in [0.1, 0.15) is 19.4 Å². The van der Waals surface area contributed by atoms with Gasteiger partial charge in [-0.3, -0.25) is 0 Å². The Bertz CT molecular complexity index is 300. The van der Waals surface area contributed by atoms with Crippen LogP contribution in [0, 0.1) is 0 Å². The van der Waals surface area contributed by atoms with Crippen molar-refractivity contribution in [3.63, 3.8) is 0 Å². The highest BCUT2D eigenvalue weighted by Gasteiger charge is 1.99. The van der Waals surface area contributed by atoms with Crippen molar-refractivity contribution < 1.29 is 9.47 Å². The first-order chi connectivity index (χ1) is 7.72. The van der Waals surface area contributed by atoms with Gasteiger partial charge in [0.2, 0.25) is 0 Å². The zero-order chi connectivity index (χ0) is 11.8. The van der Waals surface area contributed by atoms with Crippen LogP contribution in [0.15, 0.2) is 24.3 Å². The van der Waals surface area contributed by atoms with Crippen LogP contribution in [0.4, 0.5) is 0 Å². The molecule has 1 aromatic carbocycles. The lowest BCUT2D eigenvalue weighted by molar-refractivity contribution is 0.199. The van der Waals surface area contributed by atoms with E-state index in [1.54, 1.807) is 7.11 Å². The summed E-state index contributed by atoms with van der Waals surface area (Å²) in [5, 5.41) is 3.30. The number of nitrogens with one attached hydrogen (secondary N) is 1. The van der Waals surface area contributed by atoms with Crippen molar-refractivity contribution in [2.75, 3.05) is 20.3 Å². The van der Waals surface area contributed by atoms with Gasteiger partial charge in [0.15, 0.2) is 0 Å². The molecule has 16 heavy (non-hydrogen) atoms. The predicted octanol–water partition coefficient (Wildman–Crippen LogP) is 2.21. The Morgan fingerprint density at radius 3 is 2.81 bits per heavy atom. The third-order valence-corrected chi connectivity index (χ3v) is 2.08. The Labute approximate surface area is 97.8 Å². The molecule has 0 aliphatic carbocycles. The van der Waals surface area contributed by atoms with Crippen LogP contribution in [0.5, 0.6) is 5.75 Å². The fourth-order valence-corrected chi connectivity index (χ4v) is 1.41. The first-order valence-corrected chi connectivity index (χ1v) is 5.67. The van der Waals surface area contributed by atoms with Gasteiger partial charge in [-0.25, -0.2) is 0 Å². The van der Waals surface area contributed by atoms with Crippen molar-refractivity contribution in [1.82, 2.24) is 5.32 Å². The second-order valence-electron chi connectivity index (χ2n) is 3.98. The van der Waals surface area contributed by atoms with E-state index in [1.165, 1.54) is 5.56 Å². The molecule has 0 fully saturated rings. The molecule has 0 unspecified atom stereocenters. The lowest BCUT2D eigenvalue weighted by Crippen LogP contribution is -2.18. The second kappa shape index (κ2) is 7.25. The van der Waals surface area contributed by atoms with Gasteiger partial charge in [0.05, 0.1) is 12.7 Å². The average Bonchev–Trinajstić information content (AvgIpc) is 2.24. The Morgan fingerprint density at radius 1 is 1.31 bits per heavy atom. The zero-order valence-electron chi connectivity index (χ0n) is 10.3. The molecule has 0 atom stereocenters. The van der Waals surface area contributed by atoms with Gasteiger partial charge in [-0.15, -0.1) is 0 Å². The van der Waals surface area contributed by atoms with E-state index in [0.717, 1.165) is 25.4 Å². The summed E-state index contributed by atoms with van der Waals surface area (Å²) in [7, 11) is 1.71. The molecule has 0 aliphatic rings. The van der Waals surface area contributed by atoms with Crippen LogP contribution in [0.25, 0.3) is 0 Å². The molecule has 0 saturated carbocycles. The monoisotopic (exact) mass is 223 g/mol. The van der Waals surface area contributed by atoms with Crippen molar-refractivity contribution in [1.29, 1.82) is 0 Å². The van der Waals surface area contributed by atoms with E-state index in [2.05, 4.69) is 17.4 Å². The van der Waals surface area contributed by atoms with Gasteiger partial charge >= 0.3 is 0 Å². The molecule has 0 amide bonds. The SMILES string of the molecule is COCCNCc1cccc(OC(C)C)c1. The van der Waals surface area contributed by atoms with Gasteiger partial charge < -0.3 is 14.8 Å². The van der Waals surface area contributed by atoms with Crippen LogP contribution in [0.3, 0.4) is 0 Å². The Kier molecular flexibility index (Phi) is 5.90. The molecular formula is C13H21NO2. The maximum absolute atomic E-state index is 5.63. The van der Waals surface area contributed by atoms with Crippen molar-refractivity contribution in [2.24, 2.45) is 0 Å². The highest BCUT2D eigenvalue weighted by molar-refractivity contribution is 5.28. The molecular weight excluding hydrogens is 202 g/mol. The minimum Gasteiger partial charge on any atom is -0.491 e. The standard InChI is InChI=1S/C13H21NO2/c1-11(2)16-13-6-4-5-12(9-13)10-14-7-8-15-3/h4-6,9,11,14H,7-8,10H2,1-3H3. The quantitative estimate of drug-likeness (QED) is 0.719. The number of rotatable bonds is 7. The molecule has 1 N–H and O–H groups in total. The summed E-state index contributed by atoms with van der Waals surface area (Å²) in [4.78, 5) is 0. The van der Waals surface area contributed by atoms with Gasteiger partial charge in [0.1, 0.15) is 5.75 Å². The third kappa shape index (κ3) is 5.14. The van der Waals surface area contributed by atoms with Crippen molar-refractivity contribution in [3.8, 4) is 5.75 Å². The van der Waals surface area contributed by atoms with Crippen molar-refractivity contribution >= 4 is 0 Å². The Hall–Kier alpha value is -1.06. The van der Waals surface area contributed by atoms with Crippen LogP contribution in [0.2, 0.25) is 0 Å². The number of benzene rings is 1. The first-order valence-electron chi connectivity index (χ1n) is 5.67. The highest BCUT2D eigenvalue weighted by atomic mass is 16.5. The lowest BCUT2D eigenvalue weighted by Gasteiger charge is -2.11. The van der Waals surface area contributed by atoms with Gasteiger partial charge in [-0.1, -0.05) is 12.1 Å². The normalized spacial score (nSPS) is 10.8.